The smallest absolute Gasteiger partial charge is 0.309 e. The van der Waals surface area contributed by atoms with Crippen LogP contribution in [0.25, 0.3) is 11.4 Å². The van der Waals surface area contributed by atoms with E-state index >= 15 is 0 Å². The van der Waals surface area contributed by atoms with Crippen LogP contribution in [0.15, 0.2) is 36.5 Å². The van der Waals surface area contributed by atoms with E-state index in [1.807, 2.05) is 13.8 Å². The molecule has 0 aliphatic carbocycles. The van der Waals surface area contributed by atoms with Gasteiger partial charge in [-0.3, -0.25) is 0 Å². The molecule has 112 valence electrons. The van der Waals surface area contributed by atoms with Crippen LogP contribution in [0.4, 0.5) is 13.2 Å². The summed E-state index contributed by atoms with van der Waals surface area (Å²) in [6.45, 7) is 4.57. The third-order valence-electron chi connectivity index (χ3n) is 2.85. The SMILES string of the molecule is CC(C)NCc1ccnc(-c2cccc(C(F)(F)F)c2)n1. The predicted octanol–water partition coefficient (Wildman–Crippen LogP) is 3.66. The molecule has 0 amide bonds. The molecule has 2 aromatic rings. The van der Waals surface area contributed by atoms with Gasteiger partial charge in [-0.05, 0) is 18.2 Å². The quantitative estimate of drug-likeness (QED) is 0.935. The molecule has 6 heteroatoms. The molecule has 0 fully saturated rings. The van der Waals surface area contributed by atoms with Crippen LogP contribution in [-0.2, 0) is 12.7 Å². The lowest BCUT2D eigenvalue weighted by Gasteiger charge is -2.10. The molecule has 0 spiro atoms. The molecular weight excluding hydrogens is 279 g/mol. The number of hydrogen-bond acceptors (Lipinski definition) is 3. The normalized spacial score (nSPS) is 11.9. The maximum Gasteiger partial charge on any atom is 0.416 e. The van der Waals surface area contributed by atoms with Gasteiger partial charge in [-0.25, -0.2) is 9.97 Å². The highest BCUT2D eigenvalue weighted by Gasteiger charge is 2.30. The summed E-state index contributed by atoms with van der Waals surface area (Å²) in [6.07, 6.45) is -2.81. The molecule has 0 unspecified atom stereocenters. The summed E-state index contributed by atoms with van der Waals surface area (Å²) in [5.74, 6) is 0.296. The van der Waals surface area contributed by atoms with Gasteiger partial charge >= 0.3 is 6.18 Å². The summed E-state index contributed by atoms with van der Waals surface area (Å²) in [4.78, 5) is 8.35. The molecular formula is C15H16F3N3. The Balaban J connectivity index is 2.28. The molecule has 0 radical (unpaired) electrons. The van der Waals surface area contributed by atoms with Crippen molar-refractivity contribution >= 4 is 0 Å². The summed E-state index contributed by atoms with van der Waals surface area (Å²) >= 11 is 0. The van der Waals surface area contributed by atoms with E-state index in [2.05, 4.69) is 15.3 Å². The summed E-state index contributed by atoms with van der Waals surface area (Å²) in [5.41, 5.74) is 0.400. The van der Waals surface area contributed by atoms with Gasteiger partial charge in [0.05, 0.1) is 11.3 Å². The Morgan fingerprint density at radius 3 is 2.62 bits per heavy atom. The lowest BCUT2D eigenvalue weighted by molar-refractivity contribution is -0.137. The first-order valence-corrected chi connectivity index (χ1v) is 6.59. The van der Waals surface area contributed by atoms with Crippen molar-refractivity contribution in [1.29, 1.82) is 0 Å². The van der Waals surface area contributed by atoms with Gasteiger partial charge in [0.15, 0.2) is 5.82 Å². The third kappa shape index (κ3) is 4.26. The van der Waals surface area contributed by atoms with Gasteiger partial charge in [-0.1, -0.05) is 26.0 Å². The van der Waals surface area contributed by atoms with E-state index in [0.29, 0.717) is 24.0 Å². The molecule has 1 heterocycles. The van der Waals surface area contributed by atoms with Crippen molar-refractivity contribution < 1.29 is 13.2 Å². The third-order valence-corrected chi connectivity index (χ3v) is 2.85. The topological polar surface area (TPSA) is 37.8 Å². The maximum atomic E-state index is 12.7. The van der Waals surface area contributed by atoms with Crippen LogP contribution >= 0.6 is 0 Å². The van der Waals surface area contributed by atoms with Crippen LogP contribution in [0.3, 0.4) is 0 Å². The van der Waals surface area contributed by atoms with Gasteiger partial charge < -0.3 is 5.32 Å². The number of alkyl halides is 3. The average molecular weight is 295 g/mol. The van der Waals surface area contributed by atoms with Gasteiger partial charge in [0.2, 0.25) is 0 Å². The Labute approximate surface area is 121 Å². The molecule has 1 N–H and O–H groups in total. The molecule has 1 aromatic heterocycles. The van der Waals surface area contributed by atoms with Gasteiger partial charge in [-0.2, -0.15) is 13.2 Å². The fourth-order valence-corrected chi connectivity index (χ4v) is 1.78. The number of hydrogen-bond donors (Lipinski definition) is 1. The molecule has 2 rings (SSSR count). The zero-order chi connectivity index (χ0) is 15.5. The van der Waals surface area contributed by atoms with Crippen LogP contribution in [-0.4, -0.2) is 16.0 Å². The molecule has 0 aliphatic rings. The van der Waals surface area contributed by atoms with Crippen molar-refractivity contribution in [2.75, 3.05) is 0 Å². The van der Waals surface area contributed by atoms with Crippen LogP contribution in [0, 0.1) is 0 Å². The Morgan fingerprint density at radius 1 is 1.19 bits per heavy atom. The largest absolute Gasteiger partial charge is 0.416 e. The molecule has 0 saturated heterocycles. The summed E-state index contributed by atoms with van der Waals surface area (Å²) in [7, 11) is 0. The van der Waals surface area contributed by atoms with Crippen molar-refractivity contribution in [2.45, 2.75) is 32.6 Å². The van der Waals surface area contributed by atoms with Crippen LogP contribution in [0.1, 0.15) is 25.1 Å². The Bertz CT molecular complexity index is 609. The molecule has 3 nitrogen and oxygen atoms in total. The van der Waals surface area contributed by atoms with E-state index in [-0.39, 0.29) is 0 Å². The molecule has 0 saturated carbocycles. The minimum absolute atomic E-state index is 0.296. The molecule has 1 aromatic carbocycles. The van der Waals surface area contributed by atoms with Gasteiger partial charge in [0.1, 0.15) is 0 Å². The number of aromatic nitrogens is 2. The Kier molecular flexibility index (Phi) is 4.57. The molecule has 0 bridgehead atoms. The van der Waals surface area contributed by atoms with Crippen LogP contribution < -0.4 is 5.32 Å². The second-order valence-electron chi connectivity index (χ2n) is 4.99. The van der Waals surface area contributed by atoms with Crippen LogP contribution in [0.5, 0.6) is 0 Å². The van der Waals surface area contributed by atoms with Crippen molar-refractivity contribution in [3.05, 3.63) is 47.8 Å². The lowest BCUT2D eigenvalue weighted by atomic mass is 10.1. The highest BCUT2D eigenvalue weighted by Crippen LogP contribution is 2.31. The average Bonchev–Trinajstić information content (AvgIpc) is 2.45. The van der Waals surface area contributed by atoms with Gasteiger partial charge in [0.25, 0.3) is 0 Å². The highest BCUT2D eigenvalue weighted by molar-refractivity contribution is 5.56. The van der Waals surface area contributed by atoms with E-state index in [1.165, 1.54) is 6.07 Å². The highest BCUT2D eigenvalue weighted by atomic mass is 19.4. The minimum atomic E-state index is -4.37. The first-order chi connectivity index (χ1) is 9.86. The monoisotopic (exact) mass is 295 g/mol. The number of nitrogens with one attached hydrogen (secondary N) is 1. The summed E-state index contributed by atoms with van der Waals surface area (Å²) in [6, 6.07) is 7.08. The number of halogens is 3. The second-order valence-corrected chi connectivity index (χ2v) is 4.99. The molecule has 0 atom stereocenters. The van der Waals surface area contributed by atoms with E-state index in [9.17, 15) is 13.2 Å². The summed E-state index contributed by atoms with van der Waals surface area (Å²) in [5, 5.41) is 3.21. The van der Waals surface area contributed by atoms with Crippen molar-refractivity contribution in [2.24, 2.45) is 0 Å². The minimum Gasteiger partial charge on any atom is -0.309 e. The van der Waals surface area contributed by atoms with E-state index < -0.39 is 11.7 Å². The van der Waals surface area contributed by atoms with E-state index in [4.69, 9.17) is 0 Å². The van der Waals surface area contributed by atoms with E-state index in [0.717, 1.165) is 17.8 Å². The second kappa shape index (κ2) is 6.22. The first-order valence-electron chi connectivity index (χ1n) is 6.59. The maximum absolute atomic E-state index is 12.7. The fraction of sp³-hybridized carbons (Fsp3) is 0.333. The van der Waals surface area contributed by atoms with E-state index in [1.54, 1.807) is 18.3 Å². The lowest BCUT2D eigenvalue weighted by Crippen LogP contribution is -2.22. The summed E-state index contributed by atoms with van der Waals surface area (Å²) < 4.78 is 38.2. The van der Waals surface area contributed by atoms with Gasteiger partial charge in [0, 0.05) is 24.3 Å². The number of benzene rings is 1. The van der Waals surface area contributed by atoms with Crippen molar-refractivity contribution in [3.8, 4) is 11.4 Å². The zero-order valence-electron chi connectivity index (χ0n) is 11.8. The standard InChI is InChI=1S/C15H16F3N3/c1-10(2)20-9-13-6-7-19-14(21-13)11-4-3-5-12(8-11)15(16,17)18/h3-8,10,20H,9H2,1-2H3. The Morgan fingerprint density at radius 2 is 1.95 bits per heavy atom. The Hall–Kier alpha value is -1.95. The van der Waals surface area contributed by atoms with Gasteiger partial charge in [-0.15, -0.1) is 0 Å². The van der Waals surface area contributed by atoms with Crippen molar-refractivity contribution in [1.82, 2.24) is 15.3 Å². The molecule has 21 heavy (non-hydrogen) atoms. The first kappa shape index (κ1) is 15.4. The van der Waals surface area contributed by atoms with Crippen LogP contribution in [0.2, 0.25) is 0 Å². The van der Waals surface area contributed by atoms with Crippen molar-refractivity contribution in [3.63, 3.8) is 0 Å². The predicted molar refractivity (Wildman–Crippen MR) is 74.4 cm³/mol. The molecule has 0 aliphatic heterocycles. The number of nitrogens with zero attached hydrogens (tertiary/aromatic N) is 2. The zero-order valence-corrected chi connectivity index (χ0v) is 11.8. The number of rotatable bonds is 4. The fourth-order valence-electron chi connectivity index (χ4n) is 1.78.